The van der Waals surface area contributed by atoms with E-state index in [0.717, 1.165) is 10.9 Å². The quantitative estimate of drug-likeness (QED) is 0.172. The second kappa shape index (κ2) is 7.05. The second-order valence-electron chi connectivity index (χ2n) is 11.2. The molecule has 0 heterocycles. The summed E-state index contributed by atoms with van der Waals surface area (Å²) in [6.45, 7) is 13.6. The minimum Gasteiger partial charge on any atom is -0.478 e. The van der Waals surface area contributed by atoms with Crippen molar-refractivity contribution in [2.45, 2.75) is 52.4 Å². The number of fused-ring (bicyclic) bond motifs is 2. The molecule has 0 aromatic heterocycles. The van der Waals surface area contributed by atoms with Gasteiger partial charge in [-0.3, -0.25) is 0 Å². The number of rotatable bonds is 2. The van der Waals surface area contributed by atoms with E-state index in [2.05, 4.69) is 90.1 Å². The number of carboxylic acids is 1. The predicted molar refractivity (Wildman–Crippen MR) is 142 cm³/mol. The van der Waals surface area contributed by atoms with Crippen molar-refractivity contribution in [3.8, 4) is 0 Å². The first-order valence-corrected chi connectivity index (χ1v) is 11.6. The highest BCUT2D eigenvalue weighted by atomic mass is 16.4. The molecule has 0 atom stereocenters. The van der Waals surface area contributed by atoms with E-state index < -0.39 is 5.97 Å². The Labute approximate surface area is 194 Å². The molecule has 0 fully saturated rings. The van der Waals surface area contributed by atoms with E-state index >= 15 is 0 Å². The van der Waals surface area contributed by atoms with Gasteiger partial charge in [0.15, 0.2) is 0 Å². The second-order valence-corrected chi connectivity index (χ2v) is 11.2. The highest BCUT2D eigenvalue weighted by Crippen LogP contribution is 2.44. The van der Waals surface area contributed by atoms with Gasteiger partial charge in [-0.05, 0) is 88.8 Å². The van der Waals surface area contributed by atoms with Gasteiger partial charge in [0.25, 0.3) is 0 Å². The summed E-state index contributed by atoms with van der Waals surface area (Å²) >= 11 is 0. The molecular formula is C31H30O2. The normalized spacial score (nSPS) is 13.3. The maximum absolute atomic E-state index is 11.2. The Balaban J connectivity index is 2.05. The van der Waals surface area contributed by atoms with Crippen molar-refractivity contribution in [2.75, 3.05) is 0 Å². The number of carbonyl (C=O) groups is 1. The van der Waals surface area contributed by atoms with Crippen LogP contribution in [0.25, 0.3) is 49.2 Å². The molecule has 2 nitrogen and oxygen atoms in total. The van der Waals surface area contributed by atoms with E-state index in [4.69, 9.17) is 0 Å². The monoisotopic (exact) mass is 434 g/mol. The van der Waals surface area contributed by atoms with Crippen LogP contribution >= 0.6 is 0 Å². The summed E-state index contributed by atoms with van der Waals surface area (Å²) in [5.41, 5.74) is 3.64. The Hall–Kier alpha value is -3.39. The molecule has 1 N–H and O–H groups in total. The molecule has 0 radical (unpaired) electrons. The summed E-state index contributed by atoms with van der Waals surface area (Å²) in [7, 11) is 0. The molecule has 0 unspecified atom stereocenters. The lowest BCUT2D eigenvalue weighted by Gasteiger charge is -2.25. The number of carboxylic acid groups (broad SMARTS) is 1. The molecule has 0 amide bonds. The molecule has 0 aliphatic heterocycles. The summed E-state index contributed by atoms with van der Waals surface area (Å²) in [5.74, 6) is -0.935. The van der Waals surface area contributed by atoms with Crippen LogP contribution < -0.4 is 0 Å². The number of hydrogen-bond acceptors (Lipinski definition) is 1. The average molecular weight is 435 g/mol. The number of hydrogen-bond donors (Lipinski definition) is 1. The standard InChI is InChI=1S/C31H30O2/c1-30(2,3)20-14-19-15-21(31(4,5)6)17-26-24-12-10-18(11-13-27(32)33)22-8-7-9-23(29(22)24)25(16-20)28(19)26/h7-17H,1-6H3,(H,32,33). The minimum absolute atomic E-state index is 0.0306. The first-order valence-electron chi connectivity index (χ1n) is 11.6. The Kier molecular flexibility index (Phi) is 4.59. The molecule has 0 saturated carbocycles. The van der Waals surface area contributed by atoms with Crippen molar-refractivity contribution in [2.24, 2.45) is 0 Å². The molecule has 2 heteroatoms. The lowest BCUT2D eigenvalue weighted by molar-refractivity contribution is -0.131. The molecule has 166 valence electrons. The first kappa shape index (κ1) is 21.5. The van der Waals surface area contributed by atoms with Crippen molar-refractivity contribution in [3.63, 3.8) is 0 Å². The van der Waals surface area contributed by atoms with Gasteiger partial charge in [-0.15, -0.1) is 0 Å². The summed E-state index contributed by atoms with van der Waals surface area (Å²) in [6, 6.07) is 20.1. The molecule has 5 rings (SSSR count). The van der Waals surface area contributed by atoms with E-state index in [-0.39, 0.29) is 10.8 Å². The van der Waals surface area contributed by atoms with Gasteiger partial charge >= 0.3 is 5.97 Å². The zero-order chi connectivity index (χ0) is 23.7. The predicted octanol–water partition coefficient (Wildman–Crippen LogP) is 8.43. The van der Waals surface area contributed by atoms with Crippen molar-refractivity contribution < 1.29 is 9.90 Å². The van der Waals surface area contributed by atoms with Gasteiger partial charge in [0.1, 0.15) is 0 Å². The Morgan fingerprint density at radius 1 is 0.697 bits per heavy atom. The van der Waals surface area contributed by atoms with Crippen molar-refractivity contribution in [1.82, 2.24) is 0 Å². The average Bonchev–Trinajstić information content (AvgIpc) is 2.73. The van der Waals surface area contributed by atoms with Crippen molar-refractivity contribution in [3.05, 3.63) is 77.4 Å². The van der Waals surface area contributed by atoms with Gasteiger partial charge < -0.3 is 5.11 Å². The summed E-state index contributed by atoms with van der Waals surface area (Å²) in [5, 5.41) is 19.0. The third-order valence-electron chi connectivity index (χ3n) is 6.84. The van der Waals surface area contributed by atoms with E-state index in [9.17, 15) is 9.90 Å². The molecule has 0 spiro atoms. The van der Waals surface area contributed by atoms with Crippen LogP contribution in [0.15, 0.2) is 60.7 Å². The van der Waals surface area contributed by atoms with E-state index in [1.165, 1.54) is 54.9 Å². The van der Waals surface area contributed by atoms with E-state index in [1.807, 2.05) is 6.07 Å². The Bertz CT molecular complexity index is 1520. The van der Waals surface area contributed by atoms with Crippen LogP contribution in [0.1, 0.15) is 58.2 Å². The van der Waals surface area contributed by atoms with Gasteiger partial charge in [0.05, 0.1) is 0 Å². The van der Waals surface area contributed by atoms with Gasteiger partial charge in [-0.2, -0.15) is 0 Å². The van der Waals surface area contributed by atoms with E-state index in [0.29, 0.717) is 0 Å². The fourth-order valence-corrected chi connectivity index (χ4v) is 4.99. The summed E-state index contributed by atoms with van der Waals surface area (Å²) in [6.07, 6.45) is 2.92. The number of benzene rings is 5. The van der Waals surface area contributed by atoms with Crippen LogP contribution in [0, 0.1) is 0 Å². The molecule has 5 aromatic carbocycles. The van der Waals surface area contributed by atoms with Crippen LogP contribution in [-0.2, 0) is 15.6 Å². The number of aliphatic carboxylic acids is 1. The van der Waals surface area contributed by atoms with Crippen LogP contribution in [0.5, 0.6) is 0 Å². The van der Waals surface area contributed by atoms with Crippen LogP contribution in [0.4, 0.5) is 0 Å². The smallest absolute Gasteiger partial charge is 0.328 e. The molecule has 5 aromatic rings. The maximum Gasteiger partial charge on any atom is 0.328 e. The lowest BCUT2D eigenvalue weighted by Crippen LogP contribution is -2.12. The third-order valence-corrected chi connectivity index (χ3v) is 6.84. The minimum atomic E-state index is -0.935. The van der Waals surface area contributed by atoms with E-state index in [1.54, 1.807) is 6.08 Å². The summed E-state index contributed by atoms with van der Waals surface area (Å²) < 4.78 is 0. The largest absolute Gasteiger partial charge is 0.478 e. The molecule has 33 heavy (non-hydrogen) atoms. The Morgan fingerprint density at radius 2 is 1.24 bits per heavy atom. The third kappa shape index (κ3) is 3.45. The van der Waals surface area contributed by atoms with Gasteiger partial charge in [0.2, 0.25) is 0 Å². The molecular weight excluding hydrogens is 404 g/mol. The molecule has 0 bridgehead atoms. The van der Waals surface area contributed by atoms with Crippen molar-refractivity contribution in [1.29, 1.82) is 0 Å². The van der Waals surface area contributed by atoms with Crippen LogP contribution in [0.3, 0.4) is 0 Å². The topological polar surface area (TPSA) is 37.3 Å². The highest BCUT2D eigenvalue weighted by Gasteiger charge is 2.22. The molecule has 0 aliphatic carbocycles. The fraction of sp³-hybridized carbons (Fsp3) is 0.258. The van der Waals surface area contributed by atoms with Gasteiger partial charge in [0, 0.05) is 6.08 Å². The molecule has 0 saturated heterocycles. The Morgan fingerprint density at radius 3 is 1.79 bits per heavy atom. The van der Waals surface area contributed by atoms with Gasteiger partial charge in [-0.1, -0.05) is 84.0 Å². The van der Waals surface area contributed by atoms with Crippen LogP contribution in [-0.4, -0.2) is 11.1 Å². The SMILES string of the molecule is CC(C)(C)c1cc2cc(C(C)(C)C)cc3c4ccc(C=CC(=O)O)c5cccc(c(c1)c23)c54. The zero-order valence-corrected chi connectivity index (χ0v) is 20.2. The highest BCUT2D eigenvalue weighted by molar-refractivity contribution is 6.33. The summed E-state index contributed by atoms with van der Waals surface area (Å²) in [4.78, 5) is 11.2. The van der Waals surface area contributed by atoms with Gasteiger partial charge in [-0.25, -0.2) is 4.79 Å². The van der Waals surface area contributed by atoms with Crippen molar-refractivity contribution >= 4 is 55.1 Å². The molecule has 0 aliphatic rings. The first-order chi connectivity index (χ1) is 15.4. The fourth-order valence-electron chi connectivity index (χ4n) is 4.99. The maximum atomic E-state index is 11.2. The zero-order valence-electron chi connectivity index (χ0n) is 20.2. The lowest BCUT2D eigenvalue weighted by atomic mass is 9.79. The van der Waals surface area contributed by atoms with Crippen LogP contribution in [0.2, 0.25) is 0 Å².